The number of hydrogen-bond acceptors (Lipinski definition) is 6. The topological polar surface area (TPSA) is 66.4 Å². The Morgan fingerprint density at radius 3 is 2.47 bits per heavy atom. The highest BCUT2D eigenvalue weighted by Crippen LogP contribution is 2.37. The van der Waals surface area contributed by atoms with Gasteiger partial charge in [-0.1, -0.05) is 47.5 Å². The van der Waals surface area contributed by atoms with Gasteiger partial charge in [-0.15, -0.1) is 0 Å². The third-order valence-electron chi connectivity index (χ3n) is 5.11. The Hall–Kier alpha value is -3.77. The summed E-state index contributed by atoms with van der Waals surface area (Å²) < 4.78 is 22.4. The average Bonchev–Trinajstić information content (AvgIpc) is 3.19. The van der Waals surface area contributed by atoms with Crippen LogP contribution in [0.25, 0.3) is 6.08 Å². The fourth-order valence-electron chi connectivity index (χ4n) is 3.49. The van der Waals surface area contributed by atoms with Crippen LogP contribution in [0.15, 0.2) is 71.4 Å². The Morgan fingerprint density at radius 1 is 0.971 bits per heavy atom. The molecule has 174 valence electrons. The number of rotatable bonds is 8. The highest BCUT2D eigenvalue weighted by atomic mass is 35.5. The molecule has 0 amide bonds. The van der Waals surface area contributed by atoms with E-state index in [4.69, 9.17) is 30.5 Å². The zero-order valence-corrected chi connectivity index (χ0v) is 19.9. The lowest BCUT2D eigenvalue weighted by atomic mass is 10.1. The van der Waals surface area contributed by atoms with Crippen molar-refractivity contribution in [1.82, 2.24) is 0 Å². The lowest BCUT2D eigenvalue weighted by Crippen LogP contribution is -2.10. The first kappa shape index (κ1) is 23.4. The lowest BCUT2D eigenvalue weighted by Gasteiger charge is -2.14. The highest BCUT2D eigenvalue weighted by Gasteiger charge is 2.24. The summed E-state index contributed by atoms with van der Waals surface area (Å²) in [6.07, 6.45) is 1.60. The van der Waals surface area contributed by atoms with Crippen molar-refractivity contribution in [1.29, 1.82) is 0 Å². The van der Waals surface area contributed by atoms with Crippen molar-refractivity contribution in [2.45, 2.75) is 13.8 Å². The maximum atomic E-state index is 12.3. The van der Waals surface area contributed by atoms with Gasteiger partial charge in [0.25, 0.3) is 0 Å². The summed E-state index contributed by atoms with van der Waals surface area (Å²) in [7, 11) is 1.52. The minimum atomic E-state index is -0.530. The SMILES string of the molecule is COc1cc(C=C2N=C(c3ccccc3)OC2=O)cc(Cl)c1OCCOc1ccc(C)cc1C. The normalized spacial score (nSPS) is 14.1. The molecule has 6 nitrogen and oxygen atoms in total. The smallest absolute Gasteiger partial charge is 0.363 e. The van der Waals surface area contributed by atoms with Gasteiger partial charge in [0, 0.05) is 5.56 Å². The van der Waals surface area contributed by atoms with Gasteiger partial charge >= 0.3 is 5.97 Å². The second-order valence-corrected chi connectivity index (χ2v) is 8.11. The Labute approximate surface area is 203 Å². The number of esters is 1. The number of nitrogens with zero attached hydrogens (tertiary/aromatic N) is 1. The molecular weight excluding hydrogens is 454 g/mol. The summed E-state index contributed by atoms with van der Waals surface area (Å²) >= 11 is 6.47. The number of hydrogen-bond donors (Lipinski definition) is 0. The molecule has 0 bridgehead atoms. The van der Waals surface area contributed by atoms with Crippen LogP contribution in [-0.4, -0.2) is 32.2 Å². The molecule has 1 aliphatic heterocycles. The number of methoxy groups -OCH3 is 1. The molecule has 1 heterocycles. The molecule has 34 heavy (non-hydrogen) atoms. The van der Waals surface area contributed by atoms with E-state index in [1.54, 1.807) is 18.2 Å². The average molecular weight is 478 g/mol. The van der Waals surface area contributed by atoms with Gasteiger partial charge in [-0.25, -0.2) is 9.79 Å². The van der Waals surface area contributed by atoms with Gasteiger partial charge in [0.2, 0.25) is 5.90 Å². The predicted molar refractivity (Wildman–Crippen MR) is 132 cm³/mol. The lowest BCUT2D eigenvalue weighted by molar-refractivity contribution is -0.129. The Morgan fingerprint density at radius 2 is 1.74 bits per heavy atom. The zero-order valence-electron chi connectivity index (χ0n) is 19.1. The van der Waals surface area contributed by atoms with Crippen molar-refractivity contribution >= 4 is 29.5 Å². The molecule has 0 N–H and O–H groups in total. The molecule has 0 saturated carbocycles. The molecule has 7 heteroatoms. The van der Waals surface area contributed by atoms with Crippen LogP contribution < -0.4 is 14.2 Å². The number of cyclic esters (lactones) is 1. The number of ether oxygens (including phenoxy) is 4. The first-order valence-corrected chi connectivity index (χ1v) is 11.1. The molecule has 0 saturated heterocycles. The fraction of sp³-hybridized carbons (Fsp3) is 0.185. The minimum Gasteiger partial charge on any atom is -0.493 e. The number of carbonyl (C=O) groups excluding carboxylic acids is 1. The van der Waals surface area contributed by atoms with Gasteiger partial charge in [0.05, 0.1) is 12.1 Å². The van der Waals surface area contributed by atoms with Crippen LogP contribution in [0, 0.1) is 13.8 Å². The zero-order chi connectivity index (χ0) is 24.1. The van der Waals surface area contributed by atoms with Gasteiger partial charge in [0.1, 0.15) is 19.0 Å². The highest BCUT2D eigenvalue weighted by molar-refractivity contribution is 6.32. The second kappa shape index (κ2) is 10.4. The molecule has 0 spiro atoms. The van der Waals surface area contributed by atoms with Gasteiger partial charge < -0.3 is 18.9 Å². The molecule has 4 rings (SSSR count). The molecule has 0 atom stereocenters. The first-order valence-electron chi connectivity index (χ1n) is 10.7. The van der Waals surface area contributed by atoms with E-state index in [2.05, 4.69) is 11.1 Å². The largest absolute Gasteiger partial charge is 0.493 e. The van der Waals surface area contributed by atoms with Gasteiger partial charge in [-0.3, -0.25) is 0 Å². The van der Waals surface area contributed by atoms with E-state index in [-0.39, 0.29) is 18.2 Å². The maximum Gasteiger partial charge on any atom is 0.363 e. The van der Waals surface area contributed by atoms with E-state index in [9.17, 15) is 4.79 Å². The third-order valence-corrected chi connectivity index (χ3v) is 5.39. The van der Waals surface area contributed by atoms with Gasteiger partial charge in [0.15, 0.2) is 17.2 Å². The number of aryl methyl sites for hydroxylation is 2. The van der Waals surface area contributed by atoms with E-state index in [1.807, 2.05) is 56.3 Å². The van der Waals surface area contributed by atoms with Crippen molar-refractivity contribution in [3.8, 4) is 17.2 Å². The van der Waals surface area contributed by atoms with E-state index in [0.717, 1.165) is 16.9 Å². The van der Waals surface area contributed by atoms with Crippen LogP contribution in [0.1, 0.15) is 22.3 Å². The van der Waals surface area contributed by atoms with E-state index in [1.165, 1.54) is 12.7 Å². The minimum absolute atomic E-state index is 0.174. The van der Waals surface area contributed by atoms with Crippen molar-refractivity contribution in [2.24, 2.45) is 4.99 Å². The summed E-state index contributed by atoms with van der Waals surface area (Å²) in [6.45, 7) is 4.67. The Kier molecular flexibility index (Phi) is 7.18. The summed E-state index contributed by atoms with van der Waals surface area (Å²) in [4.78, 5) is 16.6. The van der Waals surface area contributed by atoms with Crippen molar-refractivity contribution in [3.63, 3.8) is 0 Å². The van der Waals surface area contributed by atoms with Crippen molar-refractivity contribution < 1.29 is 23.7 Å². The Bertz CT molecular complexity index is 1270. The van der Waals surface area contributed by atoms with Crippen LogP contribution in [0.3, 0.4) is 0 Å². The molecular formula is C27H24ClNO5. The van der Waals surface area contributed by atoms with Crippen molar-refractivity contribution in [3.05, 3.63) is 93.6 Å². The van der Waals surface area contributed by atoms with Crippen LogP contribution in [0.5, 0.6) is 17.2 Å². The standard InChI is InChI=1S/C27H24ClNO5/c1-17-9-10-23(18(2)13-17)32-11-12-33-25-21(28)14-19(16-24(25)31-3)15-22-27(30)34-26(29-22)20-7-5-4-6-8-20/h4-10,13-16H,11-12H2,1-3H3. The Balaban J connectivity index is 1.46. The summed E-state index contributed by atoms with van der Waals surface area (Å²) in [6, 6.07) is 18.7. The number of aliphatic imine (C=N–C) groups is 1. The monoisotopic (exact) mass is 477 g/mol. The second-order valence-electron chi connectivity index (χ2n) is 7.70. The number of benzene rings is 3. The number of carbonyl (C=O) groups is 1. The first-order chi connectivity index (χ1) is 16.4. The van der Waals surface area contributed by atoms with E-state index in [0.29, 0.717) is 28.7 Å². The summed E-state index contributed by atoms with van der Waals surface area (Å²) in [5, 5.41) is 0.344. The number of halogens is 1. The quantitative estimate of drug-likeness (QED) is 0.234. The molecule has 0 aliphatic carbocycles. The molecule has 1 aliphatic rings. The van der Waals surface area contributed by atoms with Crippen LogP contribution in [0.4, 0.5) is 0 Å². The van der Waals surface area contributed by atoms with E-state index >= 15 is 0 Å². The summed E-state index contributed by atoms with van der Waals surface area (Å²) in [5.41, 5.74) is 3.77. The summed E-state index contributed by atoms with van der Waals surface area (Å²) in [5.74, 6) is 1.38. The molecule has 3 aromatic rings. The van der Waals surface area contributed by atoms with Crippen LogP contribution in [-0.2, 0) is 9.53 Å². The van der Waals surface area contributed by atoms with Gasteiger partial charge in [-0.05, 0) is 61.4 Å². The van der Waals surface area contributed by atoms with E-state index < -0.39 is 5.97 Å². The fourth-order valence-corrected chi connectivity index (χ4v) is 3.76. The molecule has 3 aromatic carbocycles. The third kappa shape index (κ3) is 5.41. The van der Waals surface area contributed by atoms with Crippen LogP contribution >= 0.6 is 11.6 Å². The van der Waals surface area contributed by atoms with Crippen molar-refractivity contribution in [2.75, 3.05) is 20.3 Å². The molecule has 0 aromatic heterocycles. The molecule has 0 fully saturated rings. The molecule has 0 unspecified atom stereocenters. The van der Waals surface area contributed by atoms with Gasteiger partial charge in [-0.2, -0.15) is 0 Å². The predicted octanol–water partition coefficient (Wildman–Crippen LogP) is 5.77. The maximum absolute atomic E-state index is 12.3. The van der Waals surface area contributed by atoms with Crippen LogP contribution in [0.2, 0.25) is 5.02 Å². The molecule has 0 radical (unpaired) electrons.